The van der Waals surface area contributed by atoms with Crippen molar-refractivity contribution in [3.63, 3.8) is 0 Å². The van der Waals surface area contributed by atoms with Crippen LogP contribution in [0.5, 0.6) is 0 Å². The fraction of sp³-hybridized carbons (Fsp3) is 0.636. The molecule has 0 aliphatic carbocycles. The van der Waals surface area contributed by atoms with E-state index in [0.29, 0.717) is 13.1 Å². The van der Waals surface area contributed by atoms with Crippen molar-refractivity contribution in [2.45, 2.75) is 32.7 Å². The van der Waals surface area contributed by atoms with Gasteiger partial charge in [0.1, 0.15) is 0 Å². The van der Waals surface area contributed by atoms with Gasteiger partial charge in [-0.1, -0.05) is 0 Å². The van der Waals surface area contributed by atoms with Crippen molar-refractivity contribution in [1.82, 2.24) is 20.6 Å². The molecule has 0 fully saturated rings. The lowest BCUT2D eigenvalue weighted by Crippen LogP contribution is -2.43. The van der Waals surface area contributed by atoms with Crippen molar-refractivity contribution in [3.05, 3.63) is 18.2 Å². The van der Waals surface area contributed by atoms with Crippen molar-refractivity contribution in [1.29, 1.82) is 0 Å². The van der Waals surface area contributed by atoms with Crippen molar-refractivity contribution in [2.75, 3.05) is 13.1 Å². The first-order valence-electron chi connectivity index (χ1n) is 5.46. The predicted octanol–water partition coefficient (Wildman–Crippen LogP) is 0.457. The molecule has 90 valence electrons. The smallest absolute Gasteiger partial charge is 0.233 e. The monoisotopic (exact) mass is 224 g/mol. The van der Waals surface area contributed by atoms with E-state index >= 15 is 0 Å². The van der Waals surface area contributed by atoms with Gasteiger partial charge >= 0.3 is 0 Å². The van der Waals surface area contributed by atoms with Crippen LogP contribution < -0.4 is 10.6 Å². The molecule has 0 spiro atoms. The number of H-pyrrole nitrogens is 1. The average Bonchev–Trinajstić information content (AvgIpc) is 2.66. The number of hydrogen-bond acceptors (Lipinski definition) is 3. The molecule has 0 radical (unpaired) electrons. The van der Waals surface area contributed by atoms with E-state index in [2.05, 4.69) is 20.6 Å². The quantitative estimate of drug-likeness (QED) is 0.680. The van der Waals surface area contributed by atoms with Crippen LogP contribution in [0.15, 0.2) is 12.5 Å². The average molecular weight is 224 g/mol. The molecule has 16 heavy (non-hydrogen) atoms. The molecule has 0 aromatic carbocycles. The maximum absolute atomic E-state index is 11.4. The first-order chi connectivity index (χ1) is 7.47. The Balaban J connectivity index is 2.11. The second kappa shape index (κ2) is 5.65. The van der Waals surface area contributed by atoms with E-state index in [0.717, 1.165) is 12.1 Å². The highest BCUT2D eigenvalue weighted by Crippen LogP contribution is 1.96. The van der Waals surface area contributed by atoms with Crippen LogP contribution in [-0.2, 0) is 11.2 Å². The lowest BCUT2D eigenvalue weighted by atomic mass is 10.1. The minimum atomic E-state index is -0.0271. The van der Waals surface area contributed by atoms with Crippen LogP contribution in [0.4, 0.5) is 0 Å². The van der Waals surface area contributed by atoms with E-state index in [4.69, 9.17) is 0 Å². The molecule has 0 saturated heterocycles. The molecule has 1 aromatic heterocycles. The Morgan fingerprint density at radius 3 is 2.81 bits per heavy atom. The molecule has 1 heterocycles. The number of nitrogens with one attached hydrogen (secondary N) is 3. The summed E-state index contributed by atoms with van der Waals surface area (Å²) in [7, 11) is 0. The number of amides is 1. The van der Waals surface area contributed by atoms with E-state index in [-0.39, 0.29) is 11.4 Å². The molecule has 0 bridgehead atoms. The number of rotatable bonds is 5. The first-order valence-corrected chi connectivity index (χ1v) is 5.46. The summed E-state index contributed by atoms with van der Waals surface area (Å²) < 4.78 is 0. The third-order valence-corrected chi connectivity index (χ3v) is 2.05. The summed E-state index contributed by atoms with van der Waals surface area (Å²) in [5.41, 5.74) is 1.00. The summed E-state index contributed by atoms with van der Waals surface area (Å²) in [6.07, 6.45) is 4.18. The highest BCUT2D eigenvalue weighted by Gasteiger charge is 2.10. The second-order valence-electron chi connectivity index (χ2n) is 4.78. The van der Waals surface area contributed by atoms with Crippen LogP contribution >= 0.6 is 0 Å². The van der Waals surface area contributed by atoms with Crippen LogP contribution in [0.1, 0.15) is 26.5 Å². The first kappa shape index (κ1) is 12.7. The molecule has 3 N–H and O–H groups in total. The summed E-state index contributed by atoms with van der Waals surface area (Å²) in [6, 6.07) is 0. The van der Waals surface area contributed by atoms with Gasteiger partial charge in [-0.15, -0.1) is 0 Å². The fourth-order valence-electron chi connectivity index (χ4n) is 1.17. The topological polar surface area (TPSA) is 69.8 Å². The third-order valence-electron chi connectivity index (χ3n) is 2.05. The largest absolute Gasteiger partial charge is 0.355 e. The summed E-state index contributed by atoms with van der Waals surface area (Å²) in [6.45, 7) is 7.08. The minimum absolute atomic E-state index is 0.0226. The van der Waals surface area contributed by atoms with E-state index in [1.165, 1.54) is 0 Å². The third kappa shape index (κ3) is 5.50. The Bertz CT molecular complexity index is 313. The number of imidazole rings is 1. The SMILES string of the molecule is CC(C)(C)NCC(=O)NCCc1cnc[nH]1. The van der Waals surface area contributed by atoms with E-state index in [1.807, 2.05) is 20.8 Å². The zero-order chi connectivity index (χ0) is 12.0. The lowest BCUT2D eigenvalue weighted by molar-refractivity contribution is -0.120. The van der Waals surface area contributed by atoms with E-state index in [1.54, 1.807) is 12.5 Å². The van der Waals surface area contributed by atoms with E-state index < -0.39 is 0 Å². The number of carbonyl (C=O) groups excluding carboxylic acids is 1. The number of aromatic amines is 1. The molecule has 5 heteroatoms. The highest BCUT2D eigenvalue weighted by atomic mass is 16.1. The van der Waals surface area contributed by atoms with Crippen LogP contribution in [0.2, 0.25) is 0 Å². The summed E-state index contributed by atoms with van der Waals surface area (Å²) in [5, 5.41) is 5.98. The summed E-state index contributed by atoms with van der Waals surface area (Å²) in [4.78, 5) is 18.3. The van der Waals surface area contributed by atoms with Crippen LogP contribution in [-0.4, -0.2) is 34.5 Å². The Kier molecular flexibility index (Phi) is 4.49. The summed E-state index contributed by atoms with van der Waals surface area (Å²) in [5.74, 6) is 0.0226. The number of aromatic nitrogens is 2. The van der Waals surface area contributed by atoms with Gasteiger partial charge in [-0.3, -0.25) is 4.79 Å². The zero-order valence-corrected chi connectivity index (χ0v) is 10.1. The molecular formula is C11H20N4O. The molecule has 5 nitrogen and oxygen atoms in total. The van der Waals surface area contributed by atoms with Crippen molar-refractivity contribution >= 4 is 5.91 Å². The maximum Gasteiger partial charge on any atom is 0.233 e. The maximum atomic E-state index is 11.4. The van der Waals surface area contributed by atoms with Gasteiger partial charge in [0.05, 0.1) is 12.9 Å². The molecule has 1 amide bonds. The molecule has 0 atom stereocenters. The fourth-order valence-corrected chi connectivity index (χ4v) is 1.17. The highest BCUT2D eigenvalue weighted by molar-refractivity contribution is 5.78. The zero-order valence-electron chi connectivity index (χ0n) is 10.1. The molecule has 0 unspecified atom stereocenters. The Hall–Kier alpha value is -1.36. The molecule has 0 aliphatic heterocycles. The Labute approximate surface area is 96.0 Å². The second-order valence-corrected chi connectivity index (χ2v) is 4.78. The van der Waals surface area contributed by atoms with Gasteiger partial charge in [-0.2, -0.15) is 0 Å². The Morgan fingerprint density at radius 2 is 2.25 bits per heavy atom. The normalized spacial score (nSPS) is 11.4. The van der Waals surface area contributed by atoms with E-state index in [9.17, 15) is 4.79 Å². The van der Waals surface area contributed by atoms with Gasteiger partial charge in [-0.05, 0) is 20.8 Å². The van der Waals surface area contributed by atoms with Gasteiger partial charge in [0.25, 0.3) is 0 Å². The van der Waals surface area contributed by atoms with Gasteiger partial charge in [0.15, 0.2) is 0 Å². The molecule has 1 aromatic rings. The number of carbonyl (C=O) groups is 1. The van der Waals surface area contributed by atoms with Crippen molar-refractivity contribution in [3.8, 4) is 0 Å². The van der Waals surface area contributed by atoms with Crippen molar-refractivity contribution in [2.24, 2.45) is 0 Å². The van der Waals surface area contributed by atoms with Crippen molar-refractivity contribution < 1.29 is 4.79 Å². The van der Waals surface area contributed by atoms with Gasteiger partial charge in [-0.25, -0.2) is 4.98 Å². The number of nitrogens with zero attached hydrogens (tertiary/aromatic N) is 1. The minimum Gasteiger partial charge on any atom is -0.355 e. The molecule has 1 rings (SSSR count). The molecular weight excluding hydrogens is 204 g/mol. The van der Waals surface area contributed by atoms with Gasteiger partial charge in [0.2, 0.25) is 5.91 Å². The van der Waals surface area contributed by atoms with Crippen LogP contribution in [0.25, 0.3) is 0 Å². The molecule has 0 aliphatic rings. The lowest BCUT2D eigenvalue weighted by Gasteiger charge is -2.19. The van der Waals surface area contributed by atoms with Gasteiger partial charge < -0.3 is 15.6 Å². The Morgan fingerprint density at radius 1 is 1.50 bits per heavy atom. The van der Waals surface area contributed by atoms with Gasteiger partial charge in [0, 0.05) is 30.4 Å². The summed E-state index contributed by atoms with van der Waals surface area (Å²) >= 11 is 0. The van der Waals surface area contributed by atoms with Crippen LogP contribution in [0, 0.1) is 0 Å². The number of hydrogen-bond donors (Lipinski definition) is 3. The molecule has 0 saturated carbocycles. The predicted molar refractivity (Wildman–Crippen MR) is 63.1 cm³/mol. The van der Waals surface area contributed by atoms with Crippen LogP contribution in [0.3, 0.4) is 0 Å². The standard InChI is InChI=1S/C11H20N4O/c1-11(2,3)15-7-10(16)13-5-4-9-6-12-8-14-9/h6,8,15H,4-5,7H2,1-3H3,(H,12,14)(H,13,16).